The Kier molecular flexibility index (Phi) is 6.07. The number of rotatable bonds is 5. The third-order valence-electron chi connectivity index (χ3n) is 3.31. The van der Waals surface area contributed by atoms with E-state index in [0.29, 0.717) is 6.04 Å². The number of amides is 3. The van der Waals surface area contributed by atoms with Crippen LogP contribution in [0.25, 0.3) is 0 Å². The van der Waals surface area contributed by atoms with Gasteiger partial charge in [-0.3, -0.25) is 15.0 Å². The van der Waals surface area contributed by atoms with Gasteiger partial charge in [0.15, 0.2) is 0 Å². The summed E-state index contributed by atoms with van der Waals surface area (Å²) in [6.45, 7) is 6.67. The Morgan fingerprint density at radius 2 is 2.22 bits per heavy atom. The highest BCUT2D eigenvalue weighted by atomic mass is 16.2. The summed E-state index contributed by atoms with van der Waals surface area (Å²) in [6.07, 6.45) is 3.31. The van der Waals surface area contributed by atoms with E-state index in [2.05, 4.69) is 22.5 Å². The molecule has 0 bridgehead atoms. The van der Waals surface area contributed by atoms with Gasteiger partial charge in [-0.1, -0.05) is 6.92 Å². The first-order chi connectivity index (χ1) is 8.54. The van der Waals surface area contributed by atoms with E-state index in [1.807, 2.05) is 0 Å². The molecule has 0 aromatic carbocycles. The molecule has 0 aromatic heterocycles. The first-order valence-electron chi connectivity index (χ1n) is 6.62. The second-order valence-electron chi connectivity index (χ2n) is 4.82. The number of nitrogens with zero attached hydrogens (tertiary/aromatic N) is 1. The first kappa shape index (κ1) is 14.9. The van der Waals surface area contributed by atoms with Crippen molar-refractivity contribution in [2.24, 2.45) is 5.73 Å². The fourth-order valence-corrected chi connectivity index (χ4v) is 2.26. The van der Waals surface area contributed by atoms with Crippen molar-refractivity contribution in [3.63, 3.8) is 0 Å². The van der Waals surface area contributed by atoms with Crippen LogP contribution in [0.2, 0.25) is 0 Å². The number of carbonyl (C=O) groups is 2. The number of hydrogen-bond acceptors (Lipinski definition) is 4. The fraction of sp³-hybridized carbons (Fsp3) is 0.833. The summed E-state index contributed by atoms with van der Waals surface area (Å²) in [6, 6.07) is -0.671. The van der Waals surface area contributed by atoms with Crippen LogP contribution in [0.4, 0.5) is 4.79 Å². The molecule has 1 heterocycles. The van der Waals surface area contributed by atoms with Gasteiger partial charge in [-0.25, -0.2) is 4.79 Å². The summed E-state index contributed by atoms with van der Waals surface area (Å²) in [5, 5.41) is 5.61. The molecule has 4 N–H and O–H groups in total. The maximum atomic E-state index is 11.7. The third kappa shape index (κ3) is 4.62. The van der Waals surface area contributed by atoms with Gasteiger partial charge in [0.1, 0.15) is 0 Å². The van der Waals surface area contributed by atoms with Gasteiger partial charge >= 0.3 is 6.03 Å². The van der Waals surface area contributed by atoms with E-state index in [1.165, 1.54) is 0 Å². The number of likely N-dealkylation sites (tertiary alicyclic amines) is 1. The Morgan fingerprint density at radius 1 is 1.50 bits per heavy atom. The fourth-order valence-electron chi connectivity index (χ4n) is 2.26. The predicted molar refractivity (Wildman–Crippen MR) is 70.1 cm³/mol. The largest absolute Gasteiger partial charge is 0.351 e. The third-order valence-corrected chi connectivity index (χ3v) is 3.31. The Labute approximate surface area is 108 Å². The maximum Gasteiger partial charge on any atom is 0.318 e. The highest BCUT2D eigenvalue weighted by molar-refractivity contribution is 5.96. The summed E-state index contributed by atoms with van der Waals surface area (Å²) >= 11 is 0. The quantitative estimate of drug-likeness (QED) is 0.648. The molecule has 6 heteroatoms. The van der Waals surface area contributed by atoms with E-state index in [1.54, 1.807) is 6.92 Å². The number of hydrogen-bond donors (Lipinski definition) is 3. The number of nitrogens with one attached hydrogen (secondary N) is 2. The molecular formula is C12H24N4O2. The van der Waals surface area contributed by atoms with Crippen LogP contribution < -0.4 is 16.4 Å². The Morgan fingerprint density at radius 3 is 2.83 bits per heavy atom. The predicted octanol–water partition coefficient (Wildman–Crippen LogP) is 0.0338. The zero-order valence-electron chi connectivity index (χ0n) is 11.2. The van der Waals surface area contributed by atoms with Gasteiger partial charge in [-0.15, -0.1) is 0 Å². The minimum Gasteiger partial charge on any atom is -0.351 e. The average Bonchev–Trinajstić information content (AvgIpc) is 2.35. The zero-order chi connectivity index (χ0) is 13.5. The molecule has 0 aromatic rings. The molecule has 0 saturated carbocycles. The van der Waals surface area contributed by atoms with Crippen molar-refractivity contribution in [1.29, 1.82) is 0 Å². The second kappa shape index (κ2) is 7.33. The van der Waals surface area contributed by atoms with E-state index < -0.39 is 6.03 Å². The smallest absolute Gasteiger partial charge is 0.318 e. The van der Waals surface area contributed by atoms with Crippen LogP contribution in [0.15, 0.2) is 0 Å². The lowest BCUT2D eigenvalue weighted by atomic mass is 10.0. The van der Waals surface area contributed by atoms with Crippen molar-refractivity contribution >= 4 is 11.9 Å². The van der Waals surface area contributed by atoms with Crippen LogP contribution in [0.1, 0.15) is 33.1 Å². The zero-order valence-corrected chi connectivity index (χ0v) is 11.2. The SMILES string of the molecule is CCCNC1CCCN(C(C)C(=O)NC(N)=O)C1. The molecule has 3 amide bonds. The molecule has 1 fully saturated rings. The van der Waals surface area contributed by atoms with Crippen LogP contribution in [-0.4, -0.2) is 48.6 Å². The molecule has 0 radical (unpaired) electrons. The molecule has 0 aliphatic carbocycles. The lowest BCUT2D eigenvalue weighted by Gasteiger charge is -2.36. The molecule has 1 aliphatic rings. The number of imide groups is 1. The van der Waals surface area contributed by atoms with E-state index in [9.17, 15) is 9.59 Å². The van der Waals surface area contributed by atoms with Crippen molar-refractivity contribution in [1.82, 2.24) is 15.5 Å². The Balaban J connectivity index is 2.44. The van der Waals surface area contributed by atoms with Gasteiger partial charge in [0.2, 0.25) is 5.91 Å². The molecule has 2 atom stereocenters. The summed E-state index contributed by atoms with van der Waals surface area (Å²) in [5.74, 6) is -0.321. The Bertz CT molecular complexity index is 296. The van der Waals surface area contributed by atoms with Gasteiger partial charge in [-0.2, -0.15) is 0 Å². The summed E-state index contributed by atoms with van der Waals surface area (Å²) in [5.41, 5.74) is 4.95. The van der Waals surface area contributed by atoms with Crippen molar-refractivity contribution in [3.8, 4) is 0 Å². The van der Waals surface area contributed by atoms with Crippen LogP contribution in [0.3, 0.4) is 0 Å². The van der Waals surface area contributed by atoms with Gasteiger partial charge in [0, 0.05) is 12.6 Å². The van der Waals surface area contributed by atoms with Crippen molar-refractivity contribution < 1.29 is 9.59 Å². The molecule has 1 saturated heterocycles. The highest BCUT2D eigenvalue weighted by Crippen LogP contribution is 2.13. The van der Waals surface area contributed by atoms with E-state index in [0.717, 1.165) is 38.9 Å². The van der Waals surface area contributed by atoms with E-state index in [-0.39, 0.29) is 11.9 Å². The van der Waals surface area contributed by atoms with E-state index >= 15 is 0 Å². The molecule has 104 valence electrons. The summed E-state index contributed by atoms with van der Waals surface area (Å²) in [7, 11) is 0. The minimum absolute atomic E-state index is 0.316. The number of nitrogens with two attached hydrogens (primary N) is 1. The van der Waals surface area contributed by atoms with Crippen molar-refractivity contribution in [2.45, 2.75) is 45.2 Å². The van der Waals surface area contributed by atoms with Gasteiger partial charge in [-0.05, 0) is 39.3 Å². The molecule has 6 nitrogen and oxygen atoms in total. The lowest BCUT2D eigenvalue weighted by Crippen LogP contribution is -2.54. The maximum absolute atomic E-state index is 11.7. The minimum atomic E-state index is -0.787. The summed E-state index contributed by atoms with van der Waals surface area (Å²) in [4.78, 5) is 24.5. The van der Waals surface area contributed by atoms with Crippen molar-refractivity contribution in [3.05, 3.63) is 0 Å². The van der Waals surface area contributed by atoms with Crippen LogP contribution >= 0.6 is 0 Å². The monoisotopic (exact) mass is 256 g/mol. The normalized spacial score (nSPS) is 22.4. The van der Waals surface area contributed by atoms with Gasteiger partial charge < -0.3 is 11.1 Å². The van der Waals surface area contributed by atoms with Crippen LogP contribution in [0.5, 0.6) is 0 Å². The lowest BCUT2D eigenvalue weighted by molar-refractivity contribution is -0.125. The number of carbonyl (C=O) groups excluding carboxylic acids is 2. The second-order valence-corrected chi connectivity index (χ2v) is 4.82. The molecule has 2 unspecified atom stereocenters. The molecular weight excluding hydrogens is 232 g/mol. The van der Waals surface area contributed by atoms with Crippen LogP contribution in [0, 0.1) is 0 Å². The number of primary amides is 1. The molecule has 1 rings (SSSR count). The molecule has 18 heavy (non-hydrogen) atoms. The first-order valence-corrected chi connectivity index (χ1v) is 6.62. The number of urea groups is 1. The van der Waals surface area contributed by atoms with Gasteiger partial charge in [0.05, 0.1) is 6.04 Å². The average molecular weight is 256 g/mol. The molecule has 0 spiro atoms. The standard InChI is InChI=1S/C12H24N4O2/c1-3-6-14-10-5-4-7-16(8-10)9(2)11(17)15-12(13)18/h9-10,14H,3-8H2,1-2H3,(H3,13,15,17,18). The number of piperidine rings is 1. The molecule has 1 aliphatic heterocycles. The van der Waals surface area contributed by atoms with E-state index in [4.69, 9.17) is 5.73 Å². The van der Waals surface area contributed by atoms with Crippen LogP contribution in [-0.2, 0) is 4.79 Å². The highest BCUT2D eigenvalue weighted by Gasteiger charge is 2.27. The van der Waals surface area contributed by atoms with Gasteiger partial charge in [0.25, 0.3) is 0 Å². The topological polar surface area (TPSA) is 87.5 Å². The Hall–Kier alpha value is -1.14. The summed E-state index contributed by atoms with van der Waals surface area (Å²) < 4.78 is 0. The van der Waals surface area contributed by atoms with Crippen molar-refractivity contribution in [2.75, 3.05) is 19.6 Å².